The Hall–Kier alpha value is -9.44. The average molecular weight is 1180 g/mol. The summed E-state index contributed by atoms with van der Waals surface area (Å²) in [5.74, 6) is 0. The molecule has 0 radical (unpaired) electrons. The highest BCUT2D eigenvalue weighted by atomic mass is 79.9. The first-order valence-electron chi connectivity index (χ1n) is 31.7. The van der Waals surface area contributed by atoms with E-state index in [1.807, 2.05) is 0 Å². The van der Waals surface area contributed by atoms with Crippen LogP contribution >= 0.6 is 31.9 Å². The van der Waals surface area contributed by atoms with Gasteiger partial charge in [0, 0.05) is 8.95 Å². The molecular weight excluding hydrogens is 1170 g/mol. The van der Waals surface area contributed by atoms with Crippen LogP contribution in [0.2, 0.25) is 0 Å². The van der Waals surface area contributed by atoms with Gasteiger partial charge in [-0.05, 0) is 416 Å². The van der Waals surface area contributed by atoms with Crippen molar-refractivity contribution in [2.75, 3.05) is 0 Å². The molecule has 0 aromatic heterocycles. The molecule has 0 fully saturated rings. The Bertz CT molecular complexity index is 8830. The number of benzene rings is 24. The smallest absolute Gasteiger partial charge is 0.0523 e. The molecule has 362 valence electrons. The Labute approximate surface area is 487 Å². The lowest BCUT2D eigenvalue weighted by molar-refractivity contribution is 0.536. The Morgan fingerprint density at radius 3 is 0.500 bits per heavy atom. The summed E-state index contributed by atoms with van der Waals surface area (Å²) in [6.07, 6.45) is 1.89. The maximum atomic E-state index is 4.16. The van der Waals surface area contributed by atoms with Crippen LogP contribution in [-0.2, 0) is 23.7 Å². The van der Waals surface area contributed by atoms with Gasteiger partial charge >= 0.3 is 0 Å². The van der Waals surface area contributed by atoms with Gasteiger partial charge in [0.15, 0.2) is 0 Å². The van der Waals surface area contributed by atoms with E-state index in [4.69, 9.17) is 0 Å². The molecule has 86 heavy (non-hydrogen) atoms. The zero-order valence-electron chi connectivity index (χ0n) is 43.8. The molecule has 0 saturated heterocycles. The van der Waals surface area contributed by atoms with Crippen LogP contribution in [0.15, 0.2) is 57.5 Å². The molecule has 0 amide bonds. The van der Waals surface area contributed by atoms with E-state index < -0.39 is 10.8 Å². The van der Waals surface area contributed by atoms with Crippen molar-refractivity contribution in [3.63, 3.8) is 0 Å². The van der Waals surface area contributed by atoms with Crippen LogP contribution in [-0.4, -0.2) is 0 Å². The van der Waals surface area contributed by atoms with Gasteiger partial charge in [-0.2, -0.15) is 0 Å². The highest BCUT2D eigenvalue weighted by Crippen LogP contribution is 2.85. The zero-order chi connectivity index (χ0) is 51.6. The number of halogens is 2. The van der Waals surface area contributed by atoms with E-state index >= 15 is 0 Å². The first-order valence-corrected chi connectivity index (χ1v) is 33.3. The molecule has 0 N–H and O–H groups in total. The Morgan fingerprint density at radius 2 is 0.314 bits per heavy atom. The molecule has 2 heteroatoms. The first kappa shape index (κ1) is 33.9. The summed E-state index contributed by atoms with van der Waals surface area (Å²) in [7, 11) is 0. The Morgan fingerprint density at radius 1 is 0.174 bits per heavy atom. The Balaban J connectivity index is 1.07. The van der Waals surface area contributed by atoms with Crippen molar-refractivity contribution in [1.82, 2.24) is 0 Å². The molecule has 39 rings (SSSR count). The van der Waals surface area contributed by atoms with E-state index in [1.165, 1.54) is 20.1 Å². The SMILES string of the molecule is Brc1cccc(C[C@]23c4c5c6c7c8c9c%10c%11c(c2c2c%12c%13c3c3c4c4c6c6c%14c7c7c8c8c%10c%10c%15c%11c2c2c%11c%12c%12c%13c%13c3c3c4c6c4c6c3c%13c3c%12c%12c%11c%11c(c%152)c2c%10c8c8c7c7c%14c4c4c6c3c%12c3c%11c2c8c7c43)[C@@]59Cc2cccc(Br)c2)c1. The van der Waals surface area contributed by atoms with Crippen molar-refractivity contribution in [3.8, 4) is 0 Å². The number of hydrogen-bond donors (Lipinski definition) is 0. The predicted octanol–water partition coefficient (Wildman–Crippen LogP) is 23.9. The second kappa shape index (κ2) is 8.04. The highest BCUT2D eigenvalue weighted by Gasteiger charge is 2.66. The van der Waals surface area contributed by atoms with Crippen LogP contribution in [0.4, 0.5) is 0 Å². The van der Waals surface area contributed by atoms with Crippen molar-refractivity contribution < 1.29 is 0 Å². The van der Waals surface area contributed by atoms with Gasteiger partial charge < -0.3 is 0 Å². The molecule has 34 aromatic carbocycles. The topological polar surface area (TPSA) is 0 Å². The molecule has 0 bridgehead atoms. The van der Waals surface area contributed by atoms with Crippen LogP contribution in [0.3, 0.4) is 0 Å². The molecule has 5 aliphatic rings. The normalized spacial score (nSPS) is 20.6. The highest BCUT2D eigenvalue weighted by molar-refractivity contribution is 9.10. The van der Waals surface area contributed by atoms with E-state index in [-0.39, 0.29) is 0 Å². The third-order valence-electron chi connectivity index (χ3n) is 30.0. The quantitative estimate of drug-likeness (QED) is 0.122. The molecule has 0 aliphatic heterocycles. The second-order valence-electron chi connectivity index (χ2n) is 30.9. The lowest BCUT2D eigenvalue weighted by Gasteiger charge is -2.51. The molecule has 0 spiro atoms. The molecule has 0 nitrogen and oxygen atoms in total. The third-order valence-corrected chi connectivity index (χ3v) is 31.0. The number of hydrogen-bond acceptors (Lipinski definition) is 0. The molecule has 5 aliphatic carbocycles. The van der Waals surface area contributed by atoms with Crippen molar-refractivity contribution in [2.45, 2.75) is 23.7 Å². The minimum absolute atomic E-state index is 0.445. The van der Waals surface area contributed by atoms with E-state index in [0.717, 1.165) is 12.8 Å². The summed E-state index contributed by atoms with van der Waals surface area (Å²) >= 11 is 8.32. The van der Waals surface area contributed by atoms with Crippen LogP contribution in [0.5, 0.6) is 0 Å². The maximum Gasteiger partial charge on any atom is 0.0523 e. The van der Waals surface area contributed by atoms with E-state index in [2.05, 4.69) is 80.4 Å². The lowest BCUT2D eigenvalue weighted by Crippen LogP contribution is -2.46. The summed E-state index contributed by atoms with van der Waals surface area (Å²) in [5.41, 5.74) is 12.4. The van der Waals surface area contributed by atoms with Crippen molar-refractivity contribution in [2.24, 2.45) is 0 Å². The van der Waals surface area contributed by atoms with E-state index in [1.54, 1.807) is 367 Å². The van der Waals surface area contributed by atoms with Gasteiger partial charge in [-0.25, -0.2) is 0 Å². The van der Waals surface area contributed by atoms with Gasteiger partial charge in [0.05, 0.1) is 10.8 Å². The summed E-state index contributed by atoms with van der Waals surface area (Å²) in [4.78, 5) is 0. The van der Waals surface area contributed by atoms with Gasteiger partial charge in [0.25, 0.3) is 0 Å². The minimum Gasteiger partial charge on any atom is -0.0609 e. The van der Waals surface area contributed by atoms with E-state index in [9.17, 15) is 0 Å². The maximum absolute atomic E-state index is 4.16. The van der Waals surface area contributed by atoms with Crippen LogP contribution in [0.1, 0.15) is 44.5 Å². The van der Waals surface area contributed by atoms with Crippen LogP contribution in [0.25, 0.3) is 334 Å². The minimum atomic E-state index is -0.445. The van der Waals surface area contributed by atoms with Gasteiger partial charge in [0.2, 0.25) is 0 Å². The van der Waals surface area contributed by atoms with Crippen molar-refractivity contribution in [1.29, 1.82) is 0 Å². The Kier molecular flexibility index (Phi) is 3.17. The van der Waals surface area contributed by atoms with Gasteiger partial charge in [-0.1, -0.05) is 56.1 Å². The molecule has 34 aromatic rings. The lowest BCUT2D eigenvalue weighted by atomic mass is 9.49. The fourth-order valence-corrected chi connectivity index (χ4v) is 30.6. The fourth-order valence-electron chi connectivity index (χ4n) is 29.7. The van der Waals surface area contributed by atoms with Crippen LogP contribution in [0, 0.1) is 0 Å². The monoisotopic (exact) mass is 1180 g/mol. The fraction of sp³-hybridized carbons (Fsp3) is 0.0476. The predicted molar refractivity (Wildman–Crippen MR) is 371 cm³/mol. The molecule has 2 atom stereocenters. The summed E-state index contributed by atoms with van der Waals surface area (Å²) < 4.78 is 2.38. The molecule has 0 heterocycles. The number of rotatable bonds is 4. The van der Waals surface area contributed by atoms with Gasteiger partial charge in [0.1, 0.15) is 0 Å². The van der Waals surface area contributed by atoms with E-state index in [0.29, 0.717) is 0 Å². The molecular formula is C84H12Br2. The third kappa shape index (κ3) is 1.97. The standard InChI is InChI=1S/C84H12Br2/c85-13-5-1-3-11(7-13)9-83-77-69-59-53-37-29-21-15-16-17-19-23(21)35(37)41-39-27(19)32-26(17)34-30-22(16)24-20-18(15)25-31-28(20)40-42-36(24)38(30)54-56-46(34)48-44(32)51-49(39)61(57(41)59)73(77)75-65(51)64(48)72-68(56)70-60(54)58(42)62-50(40)52-43(31)47-45(33(25)29)55(53)67(69)71-63(47)66(52)76-74(62)78(70)84(80(72)81(75)83,82(76)79(71)83)10-12-4-2-6-14(86)8-12/h1-8H,9-10H2/t83-,84-/m1/s1. The summed E-state index contributed by atoms with van der Waals surface area (Å²) in [6.45, 7) is 0. The van der Waals surface area contributed by atoms with Gasteiger partial charge in [-0.15, -0.1) is 0 Å². The molecule has 0 unspecified atom stereocenters. The van der Waals surface area contributed by atoms with Crippen LogP contribution < -0.4 is 0 Å². The average Bonchev–Trinajstić information content (AvgIpc) is 1.39. The molecule has 0 saturated carbocycles. The summed E-state index contributed by atoms with van der Waals surface area (Å²) in [6, 6.07) is 19.4. The zero-order valence-corrected chi connectivity index (χ0v) is 47.0. The summed E-state index contributed by atoms with van der Waals surface area (Å²) in [5, 5.41) is 103. The largest absolute Gasteiger partial charge is 0.0609 e. The van der Waals surface area contributed by atoms with Gasteiger partial charge in [-0.3, -0.25) is 0 Å². The first-order chi connectivity index (χ1) is 42.7. The second-order valence-corrected chi connectivity index (χ2v) is 32.8. The van der Waals surface area contributed by atoms with Crippen molar-refractivity contribution >= 4 is 366 Å². The van der Waals surface area contributed by atoms with Crippen molar-refractivity contribution in [3.05, 3.63) is 102 Å².